The second kappa shape index (κ2) is 4.29. The molecule has 0 amide bonds. The van der Waals surface area contributed by atoms with Crippen LogP contribution in [0.25, 0.3) is 0 Å². The van der Waals surface area contributed by atoms with Gasteiger partial charge in [0.05, 0.1) is 6.07 Å². The Labute approximate surface area is 90.1 Å². The molecule has 0 aromatic heterocycles. The Morgan fingerprint density at radius 1 is 1.50 bits per heavy atom. The van der Waals surface area contributed by atoms with E-state index in [0.717, 1.165) is 0 Å². The van der Waals surface area contributed by atoms with Crippen molar-refractivity contribution >= 4 is 5.97 Å². The predicted octanol–water partition coefficient (Wildman–Crippen LogP) is 1.46. The summed E-state index contributed by atoms with van der Waals surface area (Å²) in [4.78, 5) is 13.2. The molecular weight excluding hydrogens is 225 g/mol. The number of hydrogen-bond acceptors (Lipinski definition) is 4. The van der Waals surface area contributed by atoms with E-state index in [1.165, 1.54) is 6.07 Å². The van der Waals surface area contributed by atoms with Gasteiger partial charge in [0.15, 0.2) is 0 Å². The molecule has 0 heterocycles. The molecule has 1 aliphatic carbocycles. The fraction of sp³-hybridized carbons (Fsp3) is 0.778. The highest BCUT2D eigenvalue weighted by Gasteiger charge is 2.62. The van der Waals surface area contributed by atoms with Crippen molar-refractivity contribution in [2.75, 3.05) is 0 Å². The third-order valence-corrected chi connectivity index (χ3v) is 3.03. The van der Waals surface area contributed by atoms with Crippen molar-refractivity contribution in [3.05, 3.63) is 0 Å². The number of carbonyl (C=O) groups is 1. The van der Waals surface area contributed by atoms with E-state index in [4.69, 9.17) is 11.0 Å². The predicted molar refractivity (Wildman–Crippen MR) is 46.6 cm³/mol. The molecule has 16 heavy (non-hydrogen) atoms. The first-order chi connectivity index (χ1) is 7.39. The van der Waals surface area contributed by atoms with Crippen LogP contribution in [-0.4, -0.2) is 17.9 Å². The van der Waals surface area contributed by atoms with Gasteiger partial charge in [-0.25, -0.2) is 9.74 Å². The Morgan fingerprint density at radius 2 is 2.00 bits per heavy atom. The minimum Gasteiger partial charge on any atom is -0.328 e. The molecule has 0 bridgehead atoms. The number of halogens is 3. The van der Waals surface area contributed by atoms with Crippen LogP contribution < -0.4 is 5.73 Å². The molecule has 0 aromatic rings. The summed E-state index contributed by atoms with van der Waals surface area (Å²) < 4.78 is 38.6. The fourth-order valence-electron chi connectivity index (χ4n) is 1.87. The standard InChI is InChI=1S/C9H11F3N2O2/c10-9(11,7(15)16-12)8(5-13)3-1-6(14)2-4-8/h6H,1-4,14H2. The van der Waals surface area contributed by atoms with Crippen molar-refractivity contribution in [1.82, 2.24) is 0 Å². The Bertz CT molecular complexity index is 319. The number of nitrogens with zero attached hydrogens (tertiary/aromatic N) is 1. The van der Waals surface area contributed by atoms with Gasteiger partial charge in [0, 0.05) is 10.6 Å². The Balaban J connectivity index is 2.97. The average Bonchev–Trinajstić information content (AvgIpc) is 2.29. The summed E-state index contributed by atoms with van der Waals surface area (Å²) in [7, 11) is 0. The second-order valence-corrected chi connectivity index (χ2v) is 3.97. The smallest absolute Gasteiger partial charge is 0.328 e. The maximum Gasteiger partial charge on any atom is 0.419 e. The molecule has 1 saturated carbocycles. The van der Waals surface area contributed by atoms with Gasteiger partial charge in [0.2, 0.25) is 0 Å². The summed E-state index contributed by atoms with van der Waals surface area (Å²) in [6.45, 7) is 0. The summed E-state index contributed by atoms with van der Waals surface area (Å²) in [6.07, 6.45) is -0.0923. The maximum atomic E-state index is 13.5. The van der Waals surface area contributed by atoms with Crippen LogP contribution in [0.4, 0.5) is 13.3 Å². The molecule has 1 rings (SSSR count). The van der Waals surface area contributed by atoms with Gasteiger partial charge in [-0.05, 0) is 25.7 Å². The van der Waals surface area contributed by atoms with Crippen molar-refractivity contribution in [2.45, 2.75) is 37.6 Å². The van der Waals surface area contributed by atoms with Crippen LogP contribution in [0.1, 0.15) is 25.7 Å². The van der Waals surface area contributed by atoms with Crippen LogP contribution in [0, 0.1) is 16.7 Å². The molecule has 1 aliphatic rings. The number of alkyl halides is 2. The van der Waals surface area contributed by atoms with E-state index in [-0.39, 0.29) is 31.7 Å². The summed E-state index contributed by atoms with van der Waals surface area (Å²) >= 11 is 0. The van der Waals surface area contributed by atoms with Crippen molar-refractivity contribution in [3.8, 4) is 6.07 Å². The molecule has 1 fully saturated rings. The van der Waals surface area contributed by atoms with Gasteiger partial charge in [-0.1, -0.05) is 0 Å². The number of hydrogen-bond donors (Lipinski definition) is 1. The molecular formula is C9H11F3N2O2. The van der Waals surface area contributed by atoms with Crippen LogP contribution in [0.5, 0.6) is 0 Å². The largest absolute Gasteiger partial charge is 0.419 e. The molecule has 0 aliphatic heterocycles. The van der Waals surface area contributed by atoms with Crippen LogP contribution in [-0.2, 0) is 9.74 Å². The monoisotopic (exact) mass is 236 g/mol. The van der Waals surface area contributed by atoms with Crippen molar-refractivity contribution in [2.24, 2.45) is 11.1 Å². The zero-order chi connectivity index (χ0) is 12.4. The van der Waals surface area contributed by atoms with E-state index in [0.29, 0.717) is 0 Å². The number of rotatable bonds is 2. The first-order valence-electron chi connectivity index (χ1n) is 4.77. The number of nitriles is 1. The second-order valence-electron chi connectivity index (χ2n) is 3.97. The van der Waals surface area contributed by atoms with Gasteiger partial charge in [-0.2, -0.15) is 14.0 Å². The SMILES string of the molecule is N#CC1(C(F)(F)C(=O)OF)CCC(N)CC1. The normalized spacial score (nSPS) is 30.6. The Kier molecular flexibility index (Phi) is 3.43. The van der Waals surface area contributed by atoms with Crippen molar-refractivity contribution in [1.29, 1.82) is 5.26 Å². The van der Waals surface area contributed by atoms with Gasteiger partial charge in [0.25, 0.3) is 0 Å². The molecule has 0 spiro atoms. The molecule has 0 unspecified atom stereocenters. The molecule has 90 valence electrons. The summed E-state index contributed by atoms with van der Waals surface area (Å²) in [5.41, 5.74) is 3.32. The minimum absolute atomic E-state index is 0.197. The van der Waals surface area contributed by atoms with E-state index in [1.54, 1.807) is 0 Å². The molecule has 0 aromatic carbocycles. The van der Waals surface area contributed by atoms with E-state index >= 15 is 0 Å². The molecule has 0 radical (unpaired) electrons. The topological polar surface area (TPSA) is 76.1 Å². The van der Waals surface area contributed by atoms with E-state index in [2.05, 4.69) is 4.94 Å². The molecule has 7 heteroatoms. The van der Waals surface area contributed by atoms with Gasteiger partial charge >= 0.3 is 11.9 Å². The maximum absolute atomic E-state index is 13.5. The highest BCUT2D eigenvalue weighted by Crippen LogP contribution is 2.48. The minimum atomic E-state index is -4.14. The van der Waals surface area contributed by atoms with Gasteiger partial charge < -0.3 is 5.73 Å². The molecule has 0 atom stereocenters. The zero-order valence-electron chi connectivity index (χ0n) is 8.38. The van der Waals surface area contributed by atoms with Crippen molar-refractivity contribution in [3.63, 3.8) is 0 Å². The van der Waals surface area contributed by atoms with Crippen LogP contribution >= 0.6 is 0 Å². The Hall–Kier alpha value is -1.29. The first kappa shape index (κ1) is 12.8. The van der Waals surface area contributed by atoms with E-state index in [9.17, 15) is 18.1 Å². The summed E-state index contributed by atoms with van der Waals surface area (Å²) in [6, 6.07) is 1.16. The Morgan fingerprint density at radius 3 is 2.38 bits per heavy atom. The first-order valence-corrected chi connectivity index (χ1v) is 4.77. The lowest BCUT2D eigenvalue weighted by Crippen LogP contribution is -2.50. The average molecular weight is 236 g/mol. The van der Waals surface area contributed by atoms with Crippen LogP contribution in [0.3, 0.4) is 0 Å². The van der Waals surface area contributed by atoms with Crippen LogP contribution in [0.2, 0.25) is 0 Å². The highest BCUT2D eigenvalue weighted by atomic mass is 19.3. The van der Waals surface area contributed by atoms with Gasteiger partial charge in [-0.15, -0.1) is 0 Å². The lowest BCUT2D eigenvalue weighted by atomic mass is 9.69. The van der Waals surface area contributed by atoms with Gasteiger partial charge in [-0.3, -0.25) is 0 Å². The van der Waals surface area contributed by atoms with E-state index in [1.807, 2.05) is 0 Å². The third kappa shape index (κ3) is 1.85. The molecule has 0 saturated heterocycles. The lowest BCUT2D eigenvalue weighted by molar-refractivity contribution is -0.227. The quantitative estimate of drug-likeness (QED) is 0.787. The summed E-state index contributed by atoms with van der Waals surface area (Å²) in [5, 5.41) is 8.81. The highest BCUT2D eigenvalue weighted by molar-refractivity contribution is 5.78. The molecule has 4 nitrogen and oxygen atoms in total. The van der Waals surface area contributed by atoms with Crippen molar-refractivity contribution < 1.29 is 23.0 Å². The lowest BCUT2D eigenvalue weighted by Gasteiger charge is -2.36. The zero-order valence-corrected chi connectivity index (χ0v) is 8.38. The van der Waals surface area contributed by atoms with E-state index < -0.39 is 17.3 Å². The summed E-state index contributed by atoms with van der Waals surface area (Å²) in [5.74, 6) is -6.46. The van der Waals surface area contributed by atoms with Gasteiger partial charge in [0.1, 0.15) is 5.41 Å². The van der Waals surface area contributed by atoms with Crippen LogP contribution in [0.15, 0.2) is 0 Å². The number of carbonyl (C=O) groups excluding carboxylic acids is 1. The third-order valence-electron chi connectivity index (χ3n) is 3.03. The number of nitrogens with two attached hydrogens (primary N) is 1. The fourth-order valence-corrected chi connectivity index (χ4v) is 1.87. The molecule has 2 N–H and O–H groups in total.